The number of pyridine rings is 1. The summed E-state index contributed by atoms with van der Waals surface area (Å²) in [4.78, 5) is 28.8. The first-order valence-corrected chi connectivity index (χ1v) is 17.1. The zero-order valence-electron chi connectivity index (χ0n) is 26.7. The third-order valence-electron chi connectivity index (χ3n) is 7.27. The largest absolute Gasteiger partial charge is 0.423 e. The van der Waals surface area contributed by atoms with Crippen LogP contribution >= 0.6 is 34.3 Å². The van der Waals surface area contributed by atoms with Crippen LogP contribution in [0.25, 0.3) is 32.3 Å². The first-order chi connectivity index (χ1) is 25.8. The van der Waals surface area contributed by atoms with E-state index in [2.05, 4.69) is 25.8 Å². The topological polar surface area (TPSA) is 110 Å². The maximum Gasteiger partial charge on any atom is 0.416 e. The van der Waals surface area contributed by atoms with Crippen LogP contribution in [0.1, 0.15) is 26.3 Å². The summed E-state index contributed by atoms with van der Waals surface area (Å²) < 4.78 is 98.3. The molecule has 8 nitrogen and oxygen atoms in total. The van der Waals surface area contributed by atoms with E-state index >= 15 is 0 Å². The Morgan fingerprint density at radius 1 is 0.685 bits per heavy atom. The van der Waals surface area contributed by atoms with E-state index in [-0.39, 0.29) is 5.00 Å². The van der Waals surface area contributed by atoms with Gasteiger partial charge in [0.25, 0.3) is 11.8 Å². The molecule has 0 radical (unpaired) electrons. The molecule has 0 spiro atoms. The van der Waals surface area contributed by atoms with Crippen LogP contribution in [0.5, 0.6) is 0 Å². The monoisotopic (exact) mass is 801 g/mol. The average molecular weight is 802 g/mol. The summed E-state index contributed by atoms with van der Waals surface area (Å²) >= 11 is 8.48. The lowest BCUT2D eigenvalue weighted by atomic mass is 10.1. The van der Waals surface area contributed by atoms with Gasteiger partial charge in [0.1, 0.15) is 22.8 Å². The average Bonchev–Trinajstić information content (AvgIpc) is 3.92. The van der Waals surface area contributed by atoms with Crippen LogP contribution < -0.4 is 10.6 Å². The molecule has 0 aliphatic carbocycles. The van der Waals surface area contributed by atoms with Crippen molar-refractivity contribution in [2.45, 2.75) is 6.18 Å². The number of alkyl halides is 3. The lowest BCUT2D eigenvalue weighted by Crippen LogP contribution is -2.15. The number of thiophene rings is 2. The van der Waals surface area contributed by atoms with Gasteiger partial charge in [-0.25, -0.2) is 17.6 Å². The number of carbonyl (C=O) groups is 2. The molecule has 2 N–H and O–H groups in total. The molecular weight excluding hydrogens is 783 g/mol. The first-order valence-electron chi connectivity index (χ1n) is 15.1. The minimum atomic E-state index is -4.47. The SMILES string of the molecule is O=C(Nc1ccc(-c2cc(-c3nnco3)ccc2Cl)s1)c1c(F)cncc1F.O=C(Nc1ccc(-c2cccc(C(F)(F)F)c2)s1)c1c(F)cccc1F. The minimum Gasteiger partial charge on any atom is -0.423 e. The van der Waals surface area contributed by atoms with E-state index in [9.17, 15) is 40.3 Å². The van der Waals surface area contributed by atoms with Crippen LogP contribution in [0.2, 0.25) is 5.02 Å². The molecule has 0 bridgehead atoms. The summed E-state index contributed by atoms with van der Waals surface area (Å²) in [5.41, 5.74) is -0.520. The van der Waals surface area contributed by atoms with Gasteiger partial charge in [-0.05, 0) is 72.3 Å². The number of benzene rings is 3. The normalized spacial score (nSPS) is 11.1. The number of anilines is 2. The maximum absolute atomic E-state index is 13.7. The Hall–Kier alpha value is -5.91. The molecule has 0 saturated heterocycles. The number of hydrogen-bond acceptors (Lipinski definition) is 8. The second-order valence-corrected chi connectivity index (χ2v) is 13.4. The second kappa shape index (κ2) is 16.0. The number of halogens is 8. The highest BCUT2D eigenvalue weighted by Gasteiger charge is 2.30. The summed E-state index contributed by atoms with van der Waals surface area (Å²) in [6.45, 7) is 0. The predicted octanol–water partition coefficient (Wildman–Crippen LogP) is 11.0. The fourth-order valence-corrected chi connectivity index (χ4v) is 6.90. The Kier molecular flexibility index (Phi) is 11.2. The van der Waals surface area contributed by atoms with E-state index in [1.165, 1.54) is 42.0 Å². The third kappa shape index (κ3) is 8.65. The number of amides is 2. The van der Waals surface area contributed by atoms with Gasteiger partial charge < -0.3 is 15.1 Å². The number of nitrogens with zero attached hydrogens (tertiary/aromatic N) is 3. The standard InChI is InChI=1S/C18H9ClF2N4O2S.C18H10F5NOS/c19-11-2-1-9(18-25-23-8-27-18)5-10(11)14-3-4-15(28-14)24-17(26)16-12(20)6-22-7-13(16)21;19-12-5-2-6-13(20)16(12)17(25)24-15-8-7-14(26-15)10-3-1-4-11(9-10)18(21,22)23/h1-8H,(H,24,26);1-9H,(H,24,25). The van der Waals surface area contributed by atoms with Gasteiger partial charge in [-0.1, -0.05) is 29.8 Å². The van der Waals surface area contributed by atoms with E-state index in [1.54, 1.807) is 30.3 Å². The van der Waals surface area contributed by atoms with E-state index < -0.39 is 57.9 Å². The zero-order chi connectivity index (χ0) is 38.6. The molecule has 54 heavy (non-hydrogen) atoms. The van der Waals surface area contributed by atoms with Gasteiger partial charge in [-0.15, -0.1) is 32.9 Å². The molecule has 0 fully saturated rings. The van der Waals surface area contributed by atoms with Crippen molar-refractivity contribution in [1.82, 2.24) is 15.2 Å². The number of aromatic nitrogens is 3. The lowest BCUT2D eigenvalue weighted by molar-refractivity contribution is -0.137. The maximum atomic E-state index is 13.7. The Bertz CT molecular complexity index is 2430. The summed E-state index contributed by atoms with van der Waals surface area (Å²) in [5, 5.41) is 13.5. The van der Waals surface area contributed by atoms with Gasteiger partial charge in [0.05, 0.1) is 28.0 Å². The van der Waals surface area contributed by atoms with Gasteiger partial charge in [0, 0.05) is 25.9 Å². The molecule has 0 unspecified atom stereocenters. The summed E-state index contributed by atoms with van der Waals surface area (Å²) in [6, 6.07) is 19.3. The molecule has 7 rings (SSSR count). The van der Waals surface area contributed by atoms with Crippen LogP contribution in [0.15, 0.2) is 108 Å². The molecule has 0 aliphatic rings. The Morgan fingerprint density at radius 3 is 1.89 bits per heavy atom. The Labute approximate surface area is 312 Å². The molecule has 7 aromatic rings. The van der Waals surface area contributed by atoms with Crippen LogP contribution in [0.3, 0.4) is 0 Å². The quantitative estimate of drug-likeness (QED) is 0.155. The van der Waals surface area contributed by atoms with Gasteiger partial charge in [0.2, 0.25) is 12.3 Å². The fraction of sp³-hybridized carbons (Fsp3) is 0.0278. The first kappa shape index (κ1) is 37.8. The fourth-order valence-electron chi connectivity index (χ4n) is 4.80. The summed E-state index contributed by atoms with van der Waals surface area (Å²) in [6.07, 6.45) is -1.69. The molecule has 274 valence electrons. The predicted molar refractivity (Wildman–Crippen MR) is 189 cm³/mol. The number of carbonyl (C=O) groups excluding carboxylic acids is 2. The van der Waals surface area contributed by atoms with Crippen molar-refractivity contribution < 1.29 is 44.7 Å². The van der Waals surface area contributed by atoms with Crippen molar-refractivity contribution in [3.05, 3.63) is 149 Å². The van der Waals surface area contributed by atoms with Crippen LogP contribution in [0.4, 0.5) is 40.7 Å². The van der Waals surface area contributed by atoms with Crippen LogP contribution in [-0.2, 0) is 6.18 Å². The molecule has 4 aromatic heterocycles. The van der Waals surface area contributed by atoms with Crippen molar-refractivity contribution in [1.29, 1.82) is 0 Å². The summed E-state index contributed by atoms with van der Waals surface area (Å²) in [7, 11) is 0. The Morgan fingerprint density at radius 2 is 1.28 bits per heavy atom. The zero-order valence-corrected chi connectivity index (χ0v) is 29.1. The molecule has 0 atom stereocenters. The Balaban J connectivity index is 0.000000185. The molecule has 4 heterocycles. The number of nitrogens with one attached hydrogen (secondary N) is 2. The lowest BCUT2D eigenvalue weighted by Gasteiger charge is -2.07. The highest BCUT2D eigenvalue weighted by atomic mass is 35.5. The minimum absolute atomic E-state index is 0.255. The third-order valence-corrected chi connectivity index (χ3v) is 9.68. The van der Waals surface area contributed by atoms with Gasteiger partial charge in [-0.2, -0.15) is 13.2 Å². The van der Waals surface area contributed by atoms with Crippen LogP contribution in [-0.4, -0.2) is 27.0 Å². The van der Waals surface area contributed by atoms with E-state index in [4.69, 9.17) is 16.0 Å². The molecule has 0 saturated carbocycles. The smallest absolute Gasteiger partial charge is 0.416 e. The van der Waals surface area contributed by atoms with E-state index in [1.807, 2.05) is 0 Å². The number of hydrogen-bond donors (Lipinski definition) is 2. The van der Waals surface area contributed by atoms with Crippen molar-refractivity contribution in [2.75, 3.05) is 10.6 Å². The van der Waals surface area contributed by atoms with Crippen molar-refractivity contribution in [3.8, 4) is 32.3 Å². The summed E-state index contributed by atoms with van der Waals surface area (Å²) in [5.74, 6) is -5.62. The molecule has 2 amide bonds. The van der Waals surface area contributed by atoms with Crippen molar-refractivity contribution in [2.24, 2.45) is 0 Å². The van der Waals surface area contributed by atoms with Gasteiger partial charge in [-0.3, -0.25) is 14.6 Å². The van der Waals surface area contributed by atoms with E-state index in [0.29, 0.717) is 37.5 Å². The van der Waals surface area contributed by atoms with Gasteiger partial charge in [0.15, 0.2) is 11.6 Å². The van der Waals surface area contributed by atoms with Crippen LogP contribution in [0, 0.1) is 23.3 Å². The highest BCUT2D eigenvalue weighted by Crippen LogP contribution is 2.39. The number of rotatable bonds is 7. The second-order valence-electron chi connectivity index (χ2n) is 10.8. The van der Waals surface area contributed by atoms with Crippen molar-refractivity contribution >= 4 is 56.1 Å². The van der Waals surface area contributed by atoms with Crippen molar-refractivity contribution in [3.63, 3.8) is 0 Å². The highest BCUT2D eigenvalue weighted by molar-refractivity contribution is 7.20. The van der Waals surface area contributed by atoms with E-state index in [0.717, 1.165) is 58.9 Å². The van der Waals surface area contributed by atoms with Gasteiger partial charge >= 0.3 is 6.18 Å². The molecule has 0 aliphatic heterocycles. The molecule has 18 heteroatoms. The molecular formula is C36H19ClF7N5O3S2. The molecule has 3 aromatic carbocycles.